The average Bonchev–Trinajstić information content (AvgIpc) is 2.80. The Morgan fingerprint density at radius 2 is 1.50 bits per heavy atom. The van der Waals surface area contributed by atoms with Crippen molar-refractivity contribution < 1.29 is 9.59 Å². The van der Waals surface area contributed by atoms with Crippen molar-refractivity contribution >= 4 is 35.0 Å². The quantitative estimate of drug-likeness (QED) is 0.394. The number of benzene rings is 3. The summed E-state index contributed by atoms with van der Waals surface area (Å²) in [7, 11) is 0. The molecule has 0 aliphatic carbocycles. The molecule has 1 unspecified atom stereocenters. The molecule has 6 heteroatoms. The summed E-state index contributed by atoms with van der Waals surface area (Å²) in [5, 5.41) is 3.86. The molecule has 0 radical (unpaired) electrons. The van der Waals surface area contributed by atoms with Crippen LogP contribution in [0, 0.1) is 6.92 Å². The molecule has 3 aromatic carbocycles. The van der Waals surface area contributed by atoms with Gasteiger partial charge in [-0.3, -0.25) is 9.59 Å². The molecule has 0 spiro atoms. The van der Waals surface area contributed by atoms with Crippen molar-refractivity contribution in [3.05, 3.63) is 105 Å². The first-order valence-electron chi connectivity index (χ1n) is 11.4. The van der Waals surface area contributed by atoms with Gasteiger partial charge in [0.2, 0.25) is 11.8 Å². The first-order chi connectivity index (χ1) is 16.2. The van der Waals surface area contributed by atoms with Crippen LogP contribution in [-0.2, 0) is 29.0 Å². The molecule has 0 bridgehead atoms. The largest absolute Gasteiger partial charge is 0.352 e. The van der Waals surface area contributed by atoms with Crippen molar-refractivity contribution in [1.29, 1.82) is 0 Å². The van der Waals surface area contributed by atoms with E-state index in [1.807, 2.05) is 81.4 Å². The van der Waals surface area contributed by atoms with Gasteiger partial charge in [-0.2, -0.15) is 0 Å². The fourth-order valence-corrected chi connectivity index (χ4v) is 4.07. The maximum atomic E-state index is 13.7. The van der Waals surface area contributed by atoms with E-state index in [9.17, 15) is 9.59 Å². The molecule has 0 aliphatic heterocycles. The molecule has 0 saturated heterocycles. The van der Waals surface area contributed by atoms with Crippen LogP contribution in [-0.4, -0.2) is 28.8 Å². The molecule has 3 aromatic rings. The van der Waals surface area contributed by atoms with Gasteiger partial charge in [-0.15, -0.1) is 0 Å². The van der Waals surface area contributed by atoms with Gasteiger partial charge in [0.1, 0.15) is 6.04 Å². The standard InChI is InChI=1S/C28H30Cl2N2O2/c1-19(2)31-28(34)26(16-21-7-5-4-6-8-21)32(18-23-13-14-24(29)25(30)15-23)27(33)17-22-11-9-20(3)10-12-22/h4-15,19,26H,16-18H2,1-3H3,(H,31,34). The number of carbonyl (C=O) groups is 2. The molecule has 0 aromatic heterocycles. The molecular formula is C28H30Cl2N2O2. The summed E-state index contributed by atoms with van der Waals surface area (Å²) in [5.41, 5.74) is 3.82. The summed E-state index contributed by atoms with van der Waals surface area (Å²) in [5.74, 6) is -0.314. The number of rotatable bonds is 9. The number of amides is 2. The monoisotopic (exact) mass is 496 g/mol. The number of aryl methyl sites for hydroxylation is 1. The van der Waals surface area contributed by atoms with E-state index in [1.54, 1.807) is 17.0 Å². The van der Waals surface area contributed by atoms with Crippen molar-refractivity contribution in [3.8, 4) is 0 Å². The lowest BCUT2D eigenvalue weighted by Crippen LogP contribution is -2.52. The second-order valence-electron chi connectivity index (χ2n) is 8.80. The van der Waals surface area contributed by atoms with E-state index in [1.165, 1.54) is 0 Å². The highest BCUT2D eigenvalue weighted by Crippen LogP contribution is 2.24. The summed E-state index contributed by atoms with van der Waals surface area (Å²) in [4.78, 5) is 28.7. The molecule has 178 valence electrons. The second kappa shape index (κ2) is 12.0. The number of hydrogen-bond acceptors (Lipinski definition) is 2. The molecule has 0 fully saturated rings. The maximum absolute atomic E-state index is 13.7. The Kier molecular flexibility index (Phi) is 9.14. The highest BCUT2D eigenvalue weighted by atomic mass is 35.5. The Bertz CT molecular complexity index is 1120. The topological polar surface area (TPSA) is 49.4 Å². The van der Waals surface area contributed by atoms with Crippen LogP contribution in [0.3, 0.4) is 0 Å². The second-order valence-corrected chi connectivity index (χ2v) is 9.62. The molecular weight excluding hydrogens is 467 g/mol. The first kappa shape index (κ1) is 25.8. The van der Waals surface area contributed by atoms with E-state index in [0.717, 1.165) is 22.3 Å². The molecule has 0 heterocycles. The van der Waals surface area contributed by atoms with E-state index < -0.39 is 6.04 Å². The number of hydrogen-bond donors (Lipinski definition) is 1. The number of nitrogens with one attached hydrogen (secondary N) is 1. The van der Waals surface area contributed by atoms with Crippen LogP contribution >= 0.6 is 23.2 Å². The molecule has 2 amide bonds. The number of nitrogens with zero attached hydrogens (tertiary/aromatic N) is 1. The molecule has 0 aliphatic rings. The van der Waals surface area contributed by atoms with Crippen molar-refractivity contribution in [2.45, 2.75) is 52.2 Å². The lowest BCUT2D eigenvalue weighted by atomic mass is 10.0. The Balaban J connectivity index is 1.98. The van der Waals surface area contributed by atoms with Crippen molar-refractivity contribution in [1.82, 2.24) is 10.2 Å². The smallest absolute Gasteiger partial charge is 0.243 e. The van der Waals surface area contributed by atoms with E-state index in [2.05, 4.69) is 5.32 Å². The molecule has 1 N–H and O–H groups in total. The fraction of sp³-hybridized carbons (Fsp3) is 0.286. The Morgan fingerprint density at radius 3 is 2.12 bits per heavy atom. The van der Waals surface area contributed by atoms with E-state index in [0.29, 0.717) is 16.5 Å². The van der Waals surface area contributed by atoms with Gasteiger partial charge in [0, 0.05) is 19.0 Å². The molecule has 1 atom stereocenters. The van der Waals surface area contributed by atoms with Gasteiger partial charge in [-0.1, -0.05) is 89.4 Å². The zero-order chi connectivity index (χ0) is 24.7. The highest BCUT2D eigenvalue weighted by Gasteiger charge is 2.30. The zero-order valence-electron chi connectivity index (χ0n) is 19.7. The summed E-state index contributed by atoms with van der Waals surface area (Å²) >= 11 is 12.3. The summed E-state index contributed by atoms with van der Waals surface area (Å²) in [6.07, 6.45) is 0.599. The Hall–Kier alpha value is -2.82. The summed E-state index contributed by atoms with van der Waals surface area (Å²) < 4.78 is 0. The van der Waals surface area contributed by atoms with Gasteiger partial charge in [-0.05, 0) is 49.6 Å². The minimum atomic E-state index is -0.683. The van der Waals surface area contributed by atoms with Crippen molar-refractivity contribution in [3.63, 3.8) is 0 Å². The summed E-state index contributed by atoms with van der Waals surface area (Å²) in [6, 6.07) is 22.2. The van der Waals surface area contributed by atoms with Crippen LogP contribution in [0.4, 0.5) is 0 Å². The normalized spacial score (nSPS) is 11.8. The predicted molar refractivity (Wildman–Crippen MR) is 139 cm³/mol. The maximum Gasteiger partial charge on any atom is 0.243 e. The van der Waals surface area contributed by atoms with Crippen LogP contribution in [0.1, 0.15) is 36.1 Å². The molecule has 0 saturated carbocycles. The lowest BCUT2D eigenvalue weighted by molar-refractivity contribution is -0.141. The van der Waals surface area contributed by atoms with E-state index >= 15 is 0 Å². The van der Waals surface area contributed by atoms with Gasteiger partial charge in [0.25, 0.3) is 0 Å². The zero-order valence-corrected chi connectivity index (χ0v) is 21.2. The molecule has 4 nitrogen and oxygen atoms in total. The fourth-order valence-electron chi connectivity index (χ4n) is 3.75. The third kappa shape index (κ3) is 7.34. The van der Waals surface area contributed by atoms with Gasteiger partial charge < -0.3 is 10.2 Å². The van der Waals surface area contributed by atoms with Gasteiger partial charge in [0.05, 0.1) is 16.5 Å². The molecule has 3 rings (SSSR count). The lowest BCUT2D eigenvalue weighted by Gasteiger charge is -2.32. The van der Waals surface area contributed by atoms with Crippen molar-refractivity contribution in [2.75, 3.05) is 0 Å². The first-order valence-corrected chi connectivity index (χ1v) is 12.1. The average molecular weight is 497 g/mol. The van der Waals surface area contributed by atoms with Crippen LogP contribution in [0.15, 0.2) is 72.8 Å². The third-order valence-corrected chi connectivity index (χ3v) is 6.25. The van der Waals surface area contributed by atoms with Crippen LogP contribution in [0.5, 0.6) is 0 Å². The number of halogens is 2. The SMILES string of the molecule is Cc1ccc(CC(=O)N(Cc2ccc(Cl)c(Cl)c2)C(Cc2ccccc2)C(=O)NC(C)C)cc1. The van der Waals surface area contributed by atoms with Crippen molar-refractivity contribution in [2.24, 2.45) is 0 Å². The Labute approximate surface area is 211 Å². The number of carbonyl (C=O) groups excluding carboxylic acids is 2. The van der Waals surface area contributed by atoms with Gasteiger partial charge >= 0.3 is 0 Å². The van der Waals surface area contributed by atoms with E-state index in [4.69, 9.17) is 23.2 Å². The van der Waals surface area contributed by atoms with Gasteiger partial charge in [0.15, 0.2) is 0 Å². The minimum Gasteiger partial charge on any atom is -0.352 e. The minimum absolute atomic E-state index is 0.0511. The van der Waals surface area contributed by atoms with Gasteiger partial charge in [-0.25, -0.2) is 0 Å². The Morgan fingerprint density at radius 1 is 0.853 bits per heavy atom. The predicted octanol–water partition coefficient (Wildman–Crippen LogP) is 6.01. The molecule has 34 heavy (non-hydrogen) atoms. The van der Waals surface area contributed by atoms with Crippen LogP contribution in [0.25, 0.3) is 0 Å². The van der Waals surface area contributed by atoms with E-state index in [-0.39, 0.29) is 30.8 Å². The third-order valence-electron chi connectivity index (χ3n) is 5.51. The van der Waals surface area contributed by atoms with Crippen LogP contribution in [0.2, 0.25) is 10.0 Å². The van der Waals surface area contributed by atoms with Crippen LogP contribution < -0.4 is 5.32 Å². The summed E-state index contributed by atoms with van der Waals surface area (Å²) in [6.45, 7) is 6.07. The highest BCUT2D eigenvalue weighted by molar-refractivity contribution is 6.42.